The van der Waals surface area contributed by atoms with Gasteiger partial charge in [0.2, 0.25) is 0 Å². The van der Waals surface area contributed by atoms with Crippen molar-refractivity contribution >= 4 is 21.6 Å². The van der Waals surface area contributed by atoms with Crippen molar-refractivity contribution in [2.24, 2.45) is 0 Å². The predicted molar refractivity (Wildman–Crippen MR) is 98.1 cm³/mol. The number of aromatic amines is 1. The van der Waals surface area contributed by atoms with Gasteiger partial charge in [-0.2, -0.15) is 0 Å². The van der Waals surface area contributed by atoms with E-state index in [-0.39, 0.29) is 5.56 Å². The Morgan fingerprint density at radius 3 is 2.96 bits per heavy atom. The molecule has 0 bridgehead atoms. The number of para-hydroxylation sites is 1. The highest BCUT2D eigenvalue weighted by Gasteiger charge is 2.20. The Hall–Kier alpha value is -2.14. The van der Waals surface area contributed by atoms with Crippen LogP contribution in [0.4, 0.5) is 0 Å². The number of benzene rings is 1. The molecule has 0 spiro atoms. The summed E-state index contributed by atoms with van der Waals surface area (Å²) in [5.74, 6) is 1.36. The average Bonchev–Trinajstić information content (AvgIpc) is 2.99. The minimum Gasteiger partial charge on any atom is -0.493 e. The van der Waals surface area contributed by atoms with Gasteiger partial charge < -0.3 is 9.72 Å². The summed E-state index contributed by atoms with van der Waals surface area (Å²) < 4.78 is 5.82. The molecule has 0 atom stereocenters. The lowest BCUT2D eigenvalue weighted by atomic mass is 9.97. The van der Waals surface area contributed by atoms with Gasteiger partial charge in [-0.25, -0.2) is 4.98 Å². The van der Waals surface area contributed by atoms with Crippen molar-refractivity contribution < 1.29 is 4.74 Å². The van der Waals surface area contributed by atoms with Gasteiger partial charge >= 0.3 is 0 Å². The highest BCUT2D eigenvalue weighted by atomic mass is 32.1. The number of aryl methyl sites for hydroxylation is 2. The van der Waals surface area contributed by atoms with Crippen LogP contribution in [-0.4, -0.2) is 16.6 Å². The first-order valence-electron chi connectivity index (χ1n) is 8.54. The lowest BCUT2D eigenvalue weighted by molar-refractivity contribution is 0.318. The summed E-state index contributed by atoms with van der Waals surface area (Å²) in [7, 11) is 0. The SMILES string of the molecule is CCCOc1ccccc1-c1nc2sc3c(c2c(=O)[nH]1)CCCC3. The lowest BCUT2D eigenvalue weighted by Crippen LogP contribution is -2.11. The van der Waals surface area contributed by atoms with Crippen LogP contribution in [0.2, 0.25) is 0 Å². The quantitative estimate of drug-likeness (QED) is 0.769. The number of aromatic nitrogens is 2. The van der Waals surface area contributed by atoms with Gasteiger partial charge in [0, 0.05) is 4.88 Å². The molecule has 1 aromatic carbocycles. The van der Waals surface area contributed by atoms with Gasteiger partial charge in [0.05, 0.1) is 17.6 Å². The Morgan fingerprint density at radius 2 is 2.08 bits per heavy atom. The van der Waals surface area contributed by atoms with Crippen LogP contribution in [0.3, 0.4) is 0 Å². The smallest absolute Gasteiger partial charge is 0.260 e. The molecule has 1 N–H and O–H groups in total. The van der Waals surface area contributed by atoms with Crippen molar-refractivity contribution in [1.29, 1.82) is 0 Å². The molecule has 0 fully saturated rings. The number of nitrogens with zero attached hydrogens (tertiary/aromatic N) is 1. The first-order valence-corrected chi connectivity index (χ1v) is 9.36. The van der Waals surface area contributed by atoms with Crippen molar-refractivity contribution in [3.8, 4) is 17.1 Å². The van der Waals surface area contributed by atoms with Gasteiger partial charge in [-0.15, -0.1) is 11.3 Å². The molecule has 0 aliphatic heterocycles. The van der Waals surface area contributed by atoms with Crippen molar-refractivity contribution in [3.05, 3.63) is 45.1 Å². The van der Waals surface area contributed by atoms with Crippen molar-refractivity contribution in [2.45, 2.75) is 39.0 Å². The van der Waals surface area contributed by atoms with E-state index in [0.717, 1.165) is 47.2 Å². The van der Waals surface area contributed by atoms with Crippen LogP contribution in [0.25, 0.3) is 21.6 Å². The van der Waals surface area contributed by atoms with Gasteiger partial charge in [0.15, 0.2) is 0 Å². The summed E-state index contributed by atoms with van der Waals surface area (Å²) in [6.07, 6.45) is 5.37. The Bertz CT molecular complexity index is 942. The van der Waals surface area contributed by atoms with Crippen LogP contribution in [0, 0.1) is 0 Å². The molecule has 3 aromatic rings. The van der Waals surface area contributed by atoms with Crippen LogP contribution >= 0.6 is 11.3 Å². The molecule has 0 saturated heterocycles. The molecule has 0 radical (unpaired) electrons. The Morgan fingerprint density at radius 1 is 1.25 bits per heavy atom. The monoisotopic (exact) mass is 340 g/mol. The van der Waals surface area contributed by atoms with Gasteiger partial charge in [0.1, 0.15) is 16.4 Å². The first-order chi connectivity index (χ1) is 11.8. The molecule has 4 rings (SSSR count). The van der Waals surface area contributed by atoms with E-state index in [0.29, 0.717) is 12.4 Å². The molecule has 4 nitrogen and oxygen atoms in total. The number of rotatable bonds is 4. The Balaban J connectivity index is 1.86. The molecule has 2 aromatic heterocycles. The average molecular weight is 340 g/mol. The number of thiophene rings is 1. The fourth-order valence-corrected chi connectivity index (χ4v) is 4.55. The number of fused-ring (bicyclic) bond motifs is 3. The molecule has 0 amide bonds. The van der Waals surface area contributed by atoms with E-state index in [2.05, 4.69) is 11.9 Å². The van der Waals surface area contributed by atoms with E-state index in [4.69, 9.17) is 9.72 Å². The zero-order chi connectivity index (χ0) is 16.5. The Kier molecular flexibility index (Phi) is 4.10. The topological polar surface area (TPSA) is 55.0 Å². The van der Waals surface area contributed by atoms with Crippen LogP contribution in [0.5, 0.6) is 5.75 Å². The zero-order valence-corrected chi connectivity index (χ0v) is 14.5. The highest BCUT2D eigenvalue weighted by molar-refractivity contribution is 7.18. The van der Waals surface area contributed by atoms with Crippen LogP contribution < -0.4 is 10.3 Å². The van der Waals surface area contributed by atoms with Gasteiger partial charge in [0.25, 0.3) is 5.56 Å². The first kappa shape index (κ1) is 15.4. The second-order valence-electron chi connectivity index (χ2n) is 6.15. The van der Waals surface area contributed by atoms with E-state index in [1.54, 1.807) is 11.3 Å². The summed E-state index contributed by atoms with van der Waals surface area (Å²) >= 11 is 1.67. The van der Waals surface area contributed by atoms with E-state index in [1.807, 2.05) is 24.3 Å². The molecule has 0 unspecified atom stereocenters. The summed E-state index contributed by atoms with van der Waals surface area (Å²) in [5, 5.41) is 0.797. The number of nitrogens with one attached hydrogen (secondary N) is 1. The van der Waals surface area contributed by atoms with Crippen molar-refractivity contribution in [3.63, 3.8) is 0 Å². The van der Waals surface area contributed by atoms with Crippen molar-refractivity contribution in [1.82, 2.24) is 9.97 Å². The van der Waals surface area contributed by atoms with Gasteiger partial charge in [-0.1, -0.05) is 19.1 Å². The van der Waals surface area contributed by atoms with E-state index >= 15 is 0 Å². The molecule has 0 saturated carbocycles. The summed E-state index contributed by atoms with van der Waals surface area (Å²) in [6.45, 7) is 2.72. The standard InChI is InChI=1S/C19H20N2O2S/c1-2-11-23-14-9-5-3-7-12(14)17-20-18(22)16-13-8-4-6-10-15(13)24-19(16)21-17/h3,5,7,9H,2,4,6,8,10-11H2,1H3,(H,20,21,22). The molecule has 1 aliphatic rings. The predicted octanol–water partition coefficient (Wildman–Crippen LogP) is 4.32. The zero-order valence-electron chi connectivity index (χ0n) is 13.7. The second kappa shape index (κ2) is 6.40. The third-order valence-corrected chi connectivity index (χ3v) is 5.61. The summed E-state index contributed by atoms with van der Waals surface area (Å²) in [4.78, 5) is 22.6. The van der Waals surface area contributed by atoms with Gasteiger partial charge in [-0.3, -0.25) is 4.79 Å². The number of hydrogen-bond donors (Lipinski definition) is 1. The highest BCUT2D eigenvalue weighted by Crippen LogP contribution is 2.35. The Labute approximate surface area is 144 Å². The number of ether oxygens (including phenoxy) is 1. The fourth-order valence-electron chi connectivity index (χ4n) is 3.29. The van der Waals surface area contributed by atoms with Gasteiger partial charge in [-0.05, 0) is 49.8 Å². The lowest BCUT2D eigenvalue weighted by Gasteiger charge is -2.11. The maximum absolute atomic E-state index is 12.7. The largest absolute Gasteiger partial charge is 0.493 e. The minimum atomic E-state index is -0.0281. The van der Waals surface area contributed by atoms with Crippen molar-refractivity contribution in [2.75, 3.05) is 6.61 Å². The molecule has 2 heterocycles. The molecular formula is C19H20N2O2S. The number of H-pyrrole nitrogens is 1. The molecular weight excluding hydrogens is 320 g/mol. The normalized spacial score (nSPS) is 13.9. The third-order valence-electron chi connectivity index (χ3n) is 4.43. The molecule has 24 heavy (non-hydrogen) atoms. The minimum absolute atomic E-state index is 0.0281. The third kappa shape index (κ3) is 2.63. The van der Waals surface area contributed by atoms with E-state index in [9.17, 15) is 4.79 Å². The fraction of sp³-hybridized carbons (Fsp3) is 0.368. The second-order valence-corrected chi connectivity index (χ2v) is 7.23. The molecule has 5 heteroatoms. The molecule has 1 aliphatic carbocycles. The van der Waals surface area contributed by atoms with Crippen LogP contribution in [0.15, 0.2) is 29.1 Å². The van der Waals surface area contributed by atoms with Crippen LogP contribution in [-0.2, 0) is 12.8 Å². The van der Waals surface area contributed by atoms with Crippen LogP contribution in [0.1, 0.15) is 36.6 Å². The summed E-state index contributed by atoms with van der Waals surface area (Å²) in [6, 6.07) is 7.75. The molecule has 124 valence electrons. The summed E-state index contributed by atoms with van der Waals surface area (Å²) in [5.41, 5.74) is 2.04. The van der Waals surface area contributed by atoms with E-state index in [1.165, 1.54) is 16.9 Å². The maximum atomic E-state index is 12.7. The van der Waals surface area contributed by atoms with E-state index < -0.39 is 0 Å². The number of hydrogen-bond acceptors (Lipinski definition) is 4. The maximum Gasteiger partial charge on any atom is 0.260 e.